The number of nitrogens with two attached hydrogens (primary N) is 1. The average molecular weight is 284 g/mol. The van der Waals surface area contributed by atoms with Gasteiger partial charge in [-0.25, -0.2) is 0 Å². The SMILES string of the molecule is NC(=S)C1(C(=O)NC2CCOCC2)CCCCCC1. The van der Waals surface area contributed by atoms with Gasteiger partial charge < -0.3 is 15.8 Å². The maximum atomic E-state index is 12.7. The second-order valence-electron chi connectivity index (χ2n) is 5.72. The molecule has 3 N–H and O–H groups in total. The number of thiocarbonyl (C=S) groups is 1. The Labute approximate surface area is 120 Å². The van der Waals surface area contributed by atoms with Crippen LogP contribution < -0.4 is 11.1 Å². The summed E-state index contributed by atoms with van der Waals surface area (Å²) in [6.07, 6.45) is 7.81. The molecule has 1 amide bonds. The normalized spacial score (nSPS) is 24.4. The standard InChI is InChI=1S/C14H24N2O2S/c15-12(19)14(7-3-1-2-4-8-14)13(17)16-11-5-9-18-10-6-11/h11H,1-10H2,(H2,15,19)(H,16,17). The van der Waals surface area contributed by atoms with E-state index in [4.69, 9.17) is 22.7 Å². The van der Waals surface area contributed by atoms with Crippen LogP contribution in [0.3, 0.4) is 0 Å². The van der Waals surface area contributed by atoms with Crippen molar-refractivity contribution in [2.24, 2.45) is 11.1 Å². The van der Waals surface area contributed by atoms with E-state index in [2.05, 4.69) is 5.32 Å². The lowest BCUT2D eigenvalue weighted by Gasteiger charge is -2.33. The number of hydrogen-bond donors (Lipinski definition) is 2. The third kappa shape index (κ3) is 3.45. The molecule has 1 saturated carbocycles. The van der Waals surface area contributed by atoms with Crippen molar-refractivity contribution in [2.45, 2.75) is 57.4 Å². The third-order valence-corrected chi connectivity index (χ3v) is 4.81. The molecule has 19 heavy (non-hydrogen) atoms. The Morgan fingerprint density at radius 3 is 2.26 bits per heavy atom. The molecular formula is C14H24N2O2S. The Hall–Kier alpha value is -0.680. The Morgan fingerprint density at radius 1 is 1.16 bits per heavy atom. The molecule has 2 rings (SSSR count). The summed E-state index contributed by atoms with van der Waals surface area (Å²) in [5.74, 6) is 0.0498. The van der Waals surface area contributed by atoms with Gasteiger partial charge in [0.15, 0.2) is 0 Å². The van der Waals surface area contributed by atoms with Crippen molar-refractivity contribution in [1.82, 2.24) is 5.32 Å². The summed E-state index contributed by atoms with van der Waals surface area (Å²) in [7, 11) is 0. The first-order valence-electron chi connectivity index (χ1n) is 7.34. The second-order valence-corrected chi connectivity index (χ2v) is 6.16. The fourth-order valence-corrected chi connectivity index (χ4v) is 3.38. The lowest BCUT2D eigenvalue weighted by Crippen LogP contribution is -2.52. The molecule has 2 aliphatic rings. The Bertz CT molecular complexity index is 332. The molecule has 0 aromatic rings. The summed E-state index contributed by atoms with van der Waals surface area (Å²) in [6, 6.07) is 0.218. The summed E-state index contributed by atoms with van der Waals surface area (Å²) in [4.78, 5) is 13.0. The summed E-state index contributed by atoms with van der Waals surface area (Å²) < 4.78 is 5.32. The van der Waals surface area contributed by atoms with Crippen LogP contribution >= 0.6 is 12.2 Å². The van der Waals surface area contributed by atoms with Gasteiger partial charge in [-0.1, -0.05) is 37.9 Å². The van der Waals surface area contributed by atoms with Gasteiger partial charge in [-0.2, -0.15) is 0 Å². The van der Waals surface area contributed by atoms with E-state index in [-0.39, 0.29) is 11.9 Å². The molecular weight excluding hydrogens is 260 g/mol. The number of nitrogens with one attached hydrogen (secondary N) is 1. The first-order chi connectivity index (χ1) is 9.15. The van der Waals surface area contributed by atoms with E-state index in [1.54, 1.807) is 0 Å². The number of hydrogen-bond acceptors (Lipinski definition) is 3. The van der Waals surface area contributed by atoms with Crippen LogP contribution in [-0.4, -0.2) is 30.2 Å². The minimum absolute atomic E-state index is 0.0498. The third-order valence-electron chi connectivity index (χ3n) is 4.42. The second kappa shape index (κ2) is 6.66. The first kappa shape index (κ1) is 14.7. The summed E-state index contributed by atoms with van der Waals surface area (Å²) in [5.41, 5.74) is 5.32. The number of rotatable bonds is 3. The molecule has 5 heteroatoms. The lowest BCUT2D eigenvalue weighted by atomic mass is 9.79. The Kier molecular flexibility index (Phi) is 5.16. The molecule has 2 fully saturated rings. The van der Waals surface area contributed by atoms with Gasteiger partial charge in [-0.05, 0) is 25.7 Å². The number of amides is 1. The highest BCUT2D eigenvalue weighted by Gasteiger charge is 2.42. The molecule has 0 aromatic carbocycles. The van der Waals surface area contributed by atoms with Gasteiger partial charge in [0.05, 0.1) is 10.4 Å². The summed E-state index contributed by atoms with van der Waals surface area (Å²) in [5, 5.41) is 3.15. The van der Waals surface area contributed by atoms with Gasteiger partial charge in [0.2, 0.25) is 5.91 Å². The van der Waals surface area contributed by atoms with Crippen molar-refractivity contribution in [3.63, 3.8) is 0 Å². The van der Waals surface area contributed by atoms with Crippen molar-refractivity contribution < 1.29 is 9.53 Å². The van der Waals surface area contributed by atoms with Gasteiger partial charge >= 0.3 is 0 Å². The van der Waals surface area contributed by atoms with Crippen LogP contribution in [0.15, 0.2) is 0 Å². The lowest BCUT2D eigenvalue weighted by molar-refractivity contribution is -0.129. The van der Waals surface area contributed by atoms with Crippen molar-refractivity contribution in [3.8, 4) is 0 Å². The molecule has 0 bridgehead atoms. The molecule has 1 aliphatic heterocycles. The van der Waals surface area contributed by atoms with E-state index in [9.17, 15) is 4.79 Å². The molecule has 0 aromatic heterocycles. The van der Waals surface area contributed by atoms with Crippen LogP contribution in [0, 0.1) is 5.41 Å². The van der Waals surface area contributed by atoms with Gasteiger partial charge in [0.1, 0.15) is 0 Å². The average Bonchev–Trinajstić information content (AvgIpc) is 2.66. The maximum absolute atomic E-state index is 12.7. The monoisotopic (exact) mass is 284 g/mol. The van der Waals surface area contributed by atoms with E-state index < -0.39 is 5.41 Å². The minimum Gasteiger partial charge on any atom is -0.392 e. The predicted molar refractivity (Wildman–Crippen MR) is 78.9 cm³/mol. The fourth-order valence-electron chi connectivity index (χ4n) is 3.08. The first-order valence-corrected chi connectivity index (χ1v) is 7.74. The fraction of sp³-hybridized carbons (Fsp3) is 0.857. The molecule has 0 spiro atoms. The van der Waals surface area contributed by atoms with Crippen LogP contribution in [0.25, 0.3) is 0 Å². The van der Waals surface area contributed by atoms with Gasteiger partial charge in [-0.3, -0.25) is 4.79 Å². The van der Waals surface area contributed by atoms with Crippen LogP contribution in [0.1, 0.15) is 51.4 Å². The van der Waals surface area contributed by atoms with Crippen molar-refractivity contribution in [3.05, 3.63) is 0 Å². The van der Waals surface area contributed by atoms with E-state index in [1.807, 2.05) is 0 Å². The van der Waals surface area contributed by atoms with E-state index in [0.717, 1.165) is 51.7 Å². The molecule has 0 atom stereocenters. The zero-order valence-electron chi connectivity index (χ0n) is 11.5. The van der Waals surface area contributed by atoms with E-state index in [1.165, 1.54) is 12.8 Å². The Morgan fingerprint density at radius 2 is 1.74 bits per heavy atom. The summed E-state index contributed by atoms with van der Waals surface area (Å²) >= 11 is 5.22. The molecule has 108 valence electrons. The number of carbonyl (C=O) groups is 1. The minimum atomic E-state index is -0.607. The van der Waals surface area contributed by atoms with E-state index >= 15 is 0 Å². The summed E-state index contributed by atoms with van der Waals surface area (Å²) in [6.45, 7) is 1.45. The smallest absolute Gasteiger partial charge is 0.233 e. The zero-order chi connectivity index (χ0) is 13.7. The molecule has 0 radical (unpaired) electrons. The van der Waals surface area contributed by atoms with Crippen LogP contribution in [-0.2, 0) is 9.53 Å². The highest BCUT2D eigenvalue weighted by atomic mass is 32.1. The van der Waals surface area contributed by atoms with Gasteiger partial charge in [-0.15, -0.1) is 0 Å². The zero-order valence-corrected chi connectivity index (χ0v) is 12.3. The molecule has 4 nitrogen and oxygen atoms in total. The highest BCUT2D eigenvalue weighted by Crippen LogP contribution is 2.36. The van der Waals surface area contributed by atoms with Crippen molar-refractivity contribution in [2.75, 3.05) is 13.2 Å². The van der Waals surface area contributed by atoms with Crippen molar-refractivity contribution >= 4 is 23.1 Å². The van der Waals surface area contributed by atoms with Gasteiger partial charge in [0, 0.05) is 19.3 Å². The predicted octanol–water partition coefficient (Wildman–Crippen LogP) is 1.91. The quantitative estimate of drug-likeness (QED) is 0.614. The number of ether oxygens (including phenoxy) is 1. The molecule has 0 unspecified atom stereocenters. The van der Waals surface area contributed by atoms with Crippen molar-refractivity contribution in [1.29, 1.82) is 0 Å². The molecule has 1 heterocycles. The van der Waals surface area contributed by atoms with E-state index in [0.29, 0.717) is 4.99 Å². The Balaban J connectivity index is 2.04. The maximum Gasteiger partial charge on any atom is 0.233 e. The topological polar surface area (TPSA) is 64.4 Å². The highest BCUT2D eigenvalue weighted by molar-refractivity contribution is 7.80. The van der Waals surface area contributed by atoms with Crippen LogP contribution in [0.5, 0.6) is 0 Å². The van der Waals surface area contributed by atoms with Crippen LogP contribution in [0.4, 0.5) is 0 Å². The molecule has 1 saturated heterocycles. The van der Waals surface area contributed by atoms with Crippen LogP contribution in [0.2, 0.25) is 0 Å². The molecule has 1 aliphatic carbocycles. The largest absolute Gasteiger partial charge is 0.392 e. The number of carbonyl (C=O) groups excluding carboxylic acids is 1. The van der Waals surface area contributed by atoms with Gasteiger partial charge in [0.25, 0.3) is 0 Å².